The first-order valence-corrected chi connectivity index (χ1v) is 5.90. The normalized spacial score (nSPS) is 10.4. The van der Waals surface area contributed by atoms with Crippen LogP contribution in [0.1, 0.15) is 10.4 Å². The van der Waals surface area contributed by atoms with E-state index in [1.807, 2.05) is 12.1 Å². The molecule has 1 aromatic carbocycles. The highest BCUT2D eigenvalue weighted by atomic mass is 16.4. The smallest absolute Gasteiger partial charge is 0.335 e. The molecule has 0 aliphatic carbocycles. The Morgan fingerprint density at radius 1 is 1.10 bits per heavy atom. The van der Waals surface area contributed by atoms with Crippen LogP contribution < -0.4 is 0 Å². The summed E-state index contributed by atoms with van der Waals surface area (Å²) >= 11 is 0. The van der Waals surface area contributed by atoms with E-state index >= 15 is 0 Å². The predicted octanol–water partition coefficient (Wildman–Crippen LogP) is 2.23. The molecular weight excluding hydrogens is 256 g/mol. The molecule has 0 saturated carbocycles. The SMILES string of the molecule is O=C(O)c1cccc(-c2n[nH]c(-c3ccncc3)n2)c1. The van der Waals surface area contributed by atoms with Crippen molar-refractivity contribution in [2.75, 3.05) is 0 Å². The number of rotatable bonds is 3. The minimum atomic E-state index is -0.975. The molecule has 0 saturated heterocycles. The van der Waals surface area contributed by atoms with Gasteiger partial charge in [-0.25, -0.2) is 9.78 Å². The number of nitrogens with one attached hydrogen (secondary N) is 1. The first-order valence-electron chi connectivity index (χ1n) is 5.90. The summed E-state index contributed by atoms with van der Waals surface area (Å²) in [6.45, 7) is 0. The third-order valence-electron chi connectivity index (χ3n) is 2.81. The van der Waals surface area contributed by atoms with E-state index in [0.29, 0.717) is 17.2 Å². The maximum Gasteiger partial charge on any atom is 0.335 e. The number of nitrogens with zero attached hydrogens (tertiary/aromatic N) is 3. The van der Waals surface area contributed by atoms with Crippen LogP contribution in [-0.2, 0) is 0 Å². The number of carboxylic acid groups (broad SMARTS) is 1. The number of aromatic nitrogens is 4. The second-order valence-corrected chi connectivity index (χ2v) is 4.13. The van der Waals surface area contributed by atoms with E-state index in [4.69, 9.17) is 5.11 Å². The van der Waals surface area contributed by atoms with Crippen LogP contribution in [-0.4, -0.2) is 31.2 Å². The quantitative estimate of drug-likeness (QED) is 0.758. The maximum absolute atomic E-state index is 11.0. The van der Waals surface area contributed by atoms with Gasteiger partial charge in [0, 0.05) is 23.5 Å². The lowest BCUT2D eigenvalue weighted by molar-refractivity contribution is 0.0697. The van der Waals surface area contributed by atoms with E-state index in [9.17, 15) is 4.79 Å². The molecule has 0 aliphatic rings. The van der Waals surface area contributed by atoms with E-state index in [-0.39, 0.29) is 5.56 Å². The molecule has 2 heterocycles. The van der Waals surface area contributed by atoms with Gasteiger partial charge in [0.15, 0.2) is 11.6 Å². The summed E-state index contributed by atoms with van der Waals surface area (Å²) in [6, 6.07) is 10.1. The van der Waals surface area contributed by atoms with Crippen LogP contribution >= 0.6 is 0 Å². The zero-order chi connectivity index (χ0) is 13.9. The number of hydrogen-bond donors (Lipinski definition) is 2. The fraction of sp³-hybridized carbons (Fsp3) is 0. The molecule has 0 amide bonds. The van der Waals surface area contributed by atoms with Crippen molar-refractivity contribution in [2.24, 2.45) is 0 Å². The van der Waals surface area contributed by atoms with E-state index in [1.54, 1.807) is 30.6 Å². The minimum absolute atomic E-state index is 0.206. The van der Waals surface area contributed by atoms with Crippen molar-refractivity contribution in [3.05, 3.63) is 54.4 Å². The average molecular weight is 266 g/mol. The van der Waals surface area contributed by atoms with Crippen molar-refractivity contribution in [1.29, 1.82) is 0 Å². The molecular formula is C14H10N4O2. The molecule has 6 heteroatoms. The van der Waals surface area contributed by atoms with Gasteiger partial charge in [-0.1, -0.05) is 12.1 Å². The van der Waals surface area contributed by atoms with E-state index in [1.165, 1.54) is 6.07 Å². The van der Waals surface area contributed by atoms with Crippen LogP contribution in [0.2, 0.25) is 0 Å². The molecule has 0 unspecified atom stereocenters. The molecule has 20 heavy (non-hydrogen) atoms. The van der Waals surface area contributed by atoms with Crippen LogP contribution in [0.15, 0.2) is 48.8 Å². The Bertz CT molecular complexity index is 753. The molecule has 98 valence electrons. The van der Waals surface area contributed by atoms with E-state index in [0.717, 1.165) is 5.56 Å². The Balaban J connectivity index is 1.98. The van der Waals surface area contributed by atoms with Gasteiger partial charge in [0.25, 0.3) is 0 Å². The van der Waals surface area contributed by atoms with Gasteiger partial charge in [0.2, 0.25) is 0 Å². The summed E-state index contributed by atoms with van der Waals surface area (Å²) < 4.78 is 0. The molecule has 3 aromatic rings. The molecule has 0 spiro atoms. The molecule has 2 N–H and O–H groups in total. The van der Waals surface area contributed by atoms with Gasteiger partial charge in [0.1, 0.15) is 0 Å². The van der Waals surface area contributed by atoms with E-state index in [2.05, 4.69) is 20.2 Å². The van der Waals surface area contributed by atoms with Crippen LogP contribution in [0.25, 0.3) is 22.8 Å². The lowest BCUT2D eigenvalue weighted by Crippen LogP contribution is -1.96. The fourth-order valence-electron chi connectivity index (χ4n) is 1.82. The Morgan fingerprint density at radius 2 is 1.90 bits per heavy atom. The summed E-state index contributed by atoms with van der Waals surface area (Å²) in [5, 5.41) is 15.9. The number of aromatic amines is 1. The highest BCUT2D eigenvalue weighted by Crippen LogP contribution is 2.20. The molecule has 0 bridgehead atoms. The van der Waals surface area contributed by atoms with Gasteiger partial charge in [-0.3, -0.25) is 10.1 Å². The lowest BCUT2D eigenvalue weighted by Gasteiger charge is -1.97. The van der Waals surface area contributed by atoms with Gasteiger partial charge in [-0.05, 0) is 24.3 Å². The first-order chi connectivity index (χ1) is 9.74. The number of benzene rings is 1. The lowest BCUT2D eigenvalue weighted by atomic mass is 10.1. The minimum Gasteiger partial charge on any atom is -0.478 e. The van der Waals surface area contributed by atoms with Crippen LogP contribution in [0.4, 0.5) is 0 Å². The second-order valence-electron chi connectivity index (χ2n) is 4.13. The van der Waals surface area contributed by atoms with Gasteiger partial charge >= 0.3 is 5.97 Å². The average Bonchev–Trinajstić information content (AvgIpc) is 2.98. The molecule has 0 atom stereocenters. The Morgan fingerprint density at radius 3 is 2.65 bits per heavy atom. The van der Waals surface area contributed by atoms with Crippen LogP contribution in [0.3, 0.4) is 0 Å². The number of hydrogen-bond acceptors (Lipinski definition) is 4. The standard InChI is InChI=1S/C14H10N4O2/c19-14(20)11-3-1-2-10(8-11)13-16-12(17-18-13)9-4-6-15-7-5-9/h1-8H,(H,19,20)(H,16,17,18). The summed E-state index contributed by atoms with van der Waals surface area (Å²) in [5.41, 5.74) is 1.73. The second kappa shape index (κ2) is 4.93. The summed E-state index contributed by atoms with van der Waals surface area (Å²) in [6.07, 6.45) is 3.34. The van der Waals surface area contributed by atoms with Crippen molar-refractivity contribution in [3.63, 3.8) is 0 Å². The summed E-state index contributed by atoms with van der Waals surface area (Å²) in [7, 11) is 0. The van der Waals surface area contributed by atoms with Crippen LogP contribution in [0.5, 0.6) is 0 Å². The zero-order valence-electron chi connectivity index (χ0n) is 10.3. The van der Waals surface area contributed by atoms with Crippen LogP contribution in [0, 0.1) is 0 Å². The maximum atomic E-state index is 11.0. The number of pyridine rings is 1. The van der Waals surface area contributed by atoms with Gasteiger partial charge in [0.05, 0.1) is 5.56 Å². The van der Waals surface area contributed by atoms with Gasteiger partial charge in [-0.15, -0.1) is 0 Å². The van der Waals surface area contributed by atoms with Crippen molar-refractivity contribution >= 4 is 5.97 Å². The van der Waals surface area contributed by atoms with Crippen molar-refractivity contribution < 1.29 is 9.90 Å². The third-order valence-corrected chi connectivity index (χ3v) is 2.81. The highest BCUT2D eigenvalue weighted by molar-refractivity contribution is 5.89. The molecule has 0 radical (unpaired) electrons. The Kier molecular flexibility index (Phi) is 2.96. The molecule has 2 aromatic heterocycles. The van der Waals surface area contributed by atoms with Gasteiger partial charge < -0.3 is 5.11 Å². The van der Waals surface area contributed by atoms with Crippen molar-refractivity contribution in [2.45, 2.75) is 0 Å². The highest BCUT2D eigenvalue weighted by Gasteiger charge is 2.10. The van der Waals surface area contributed by atoms with E-state index < -0.39 is 5.97 Å². The molecule has 0 aliphatic heterocycles. The van der Waals surface area contributed by atoms with Gasteiger partial charge in [-0.2, -0.15) is 5.10 Å². The Labute approximate surface area is 114 Å². The predicted molar refractivity (Wildman–Crippen MR) is 72.0 cm³/mol. The molecule has 0 fully saturated rings. The first kappa shape index (κ1) is 12.0. The number of carbonyl (C=O) groups is 1. The monoisotopic (exact) mass is 266 g/mol. The summed E-state index contributed by atoms with van der Waals surface area (Å²) in [4.78, 5) is 19.3. The van der Waals surface area contributed by atoms with Crippen molar-refractivity contribution in [3.8, 4) is 22.8 Å². The Hall–Kier alpha value is -3.02. The number of aromatic carboxylic acids is 1. The fourth-order valence-corrected chi connectivity index (χ4v) is 1.82. The zero-order valence-corrected chi connectivity index (χ0v) is 10.3. The topological polar surface area (TPSA) is 91.8 Å². The molecule has 6 nitrogen and oxygen atoms in total. The van der Waals surface area contributed by atoms with Crippen molar-refractivity contribution in [1.82, 2.24) is 20.2 Å². The largest absolute Gasteiger partial charge is 0.478 e. The third kappa shape index (κ3) is 2.26. The summed E-state index contributed by atoms with van der Waals surface area (Å²) in [5.74, 6) is 0.0970. The number of H-pyrrole nitrogens is 1. The molecule has 3 rings (SSSR count). The number of carboxylic acids is 1.